The topological polar surface area (TPSA) is 58.6 Å². The van der Waals surface area contributed by atoms with Crippen molar-refractivity contribution in [1.29, 1.82) is 0 Å². The molecule has 3 aromatic heterocycles. The number of aromatic nitrogens is 2. The Morgan fingerprint density at radius 1 is 1.05 bits per heavy atom. The third-order valence-corrected chi connectivity index (χ3v) is 9.17. The smallest absolute Gasteiger partial charge is 0.260 e. The van der Waals surface area contributed by atoms with Gasteiger partial charge in [-0.05, 0) is 61.0 Å². The molecule has 1 amide bonds. The molecule has 0 N–H and O–H groups in total. The molecule has 39 heavy (non-hydrogen) atoms. The summed E-state index contributed by atoms with van der Waals surface area (Å²) in [5.41, 5.74) is 5.67. The molecule has 1 saturated heterocycles. The third-order valence-electron chi connectivity index (χ3n) is 7.23. The number of halogens is 1. The van der Waals surface area contributed by atoms with Gasteiger partial charge in [-0.2, -0.15) is 0 Å². The molecule has 0 unspecified atom stereocenters. The minimum atomic E-state index is -0.0307. The first-order valence-electron chi connectivity index (χ1n) is 13.0. The molecule has 4 heterocycles. The first-order chi connectivity index (χ1) is 18.6. The van der Waals surface area contributed by atoms with Gasteiger partial charge in [0.25, 0.3) is 5.91 Å². The van der Waals surface area contributed by atoms with E-state index < -0.39 is 0 Å². The number of carbonyl (C=O) groups excluding carboxylic acids is 1. The number of fused-ring (bicyclic) bond motifs is 2. The minimum Gasteiger partial charge on any atom is -0.379 e. The van der Waals surface area contributed by atoms with Crippen LogP contribution in [0.25, 0.3) is 31.7 Å². The van der Waals surface area contributed by atoms with Crippen molar-refractivity contribution in [3.8, 4) is 10.6 Å². The Labute approximate surface area is 242 Å². The highest BCUT2D eigenvalue weighted by Crippen LogP contribution is 2.34. The summed E-state index contributed by atoms with van der Waals surface area (Å²) in [5.74, 6) is -0.0307. The summed E-state index contributed by atoms with van der Waals surface area (Å²) in [6.45, 7) is 9.15. The summed E-state index contributed by atoms with van der Waals surface area (Å²) in [6.07, 6.45) is 0.862. The van der Waals surface area contributed by atoms with Gasteiger partial charge in [-0.1, -0.05) is 41.7 Å². The van der Waals surface area contributed by atoms with E-state index in [-0.39, 0.29) is 18.3 Å². The number of aryl methyl sites for hydroxylation is 2. The summed E-state index contributed by atoms with van der Waals surface area (Å²) >= 11 is 3.22. The van der Waals surface area contributed by atoms with Crippen molar-refractivity contribution in [2.45, 2.75) is 20.3 Å². The number of morpholine rings is 1. The van der Waals surface area contributed by atoms with E-state index in [1.165, 1.54) is 11.1 Å². The van der Waals surface area contributed by atoms with Gasteiger partial charge in [0.05, 0.1) is 45.1 Å². The SMILES string of the molecule is Cc1ccc2sc(N(CCCN3CCOCC3)C(=O)c3cc(-c4cccs4)nc4ccccc34)nc2c1C.Cl. The number of ether oxygens (including phenoxy) is 1. The molecule has 6 nitrogen and oxygen atoms in total. The highest BCUT2D eigenvalue weighted by molar-refractivity contribution is 7.22. The number of benzene rings is 2. The molecule has 0 saturated carbocycles. The van der Waals surface area contributed by atoms with E-state index in [9.17, 15) is 4.79 Å². The van der Waals surface area contributed by atoms with E-state index in [0.29, 0.717) is 12.1 Å². The Balaban J connectivity index is 0.00000308. The molecule has 0 radical (unpaired) electrons. The molecule has 1 aliphatic heterocycles. The number of amides is 1. The van der Waals surface area contributed by atoms with E-state index in [0.717, 1.165) is 76.1 Å². The number of thiophene rings is 1. The number of nitrogens with zero attached hydrogens (tertiary/aromatic N) is 4. The maximum absolute atomic E-state index is 14.4. The van der Waals surface area contributed by atoms with Gasteiger partial charge < -0.3 is 4.74 Å². The largest absolute Gasteiger partial charge is 0.379 e. The molecular weight excluding hydrogens is 548 g/mol. The zero-order valence-corrected chi connectivity index (χ0v) is 24.5. The zero-order valence-electron chi connectivity index (χ0n) is 22.1. The fourth-order valence-electron chi connectivity index (χ4n) is 4.94. The van der Waals surface area contributed by atoms with Gasteiger partial charge in [0.2, 0.25) is 0 Å². The molecular formula is C30H31ClN4O2S2. The highest BCUT2D eigenvalue weighted by atomic mass is 35.5. The molecule has 0 bridgehead atoms. The molecule has 202 valence electrons. The van der Waals surface area contributed by atoms with E-state index in [1.807, 2.05) is 46.7 Å². The summed E-state index contributed by atoms with van der Waals surface area (Å²) < 4.78 is 6.61. The van der Waals surface area contributed by atoms with E-state index in [4.69, 9.17) is 14.7 Å². The maximum Gasteiger partial charge on any atom is 0.260 e. The number of thiazole rings is 1. The number of rotatable bonds is 7. The van der Waals surface area contributed by atoms with Crippen LogP contribution in [-0.2, 0) is 4.74 Å². The average molecular weight is 579 g/mol. The molecule has 6 rings (SSSR count). The molecule has 2 aromatic carbocycles. The lowest BCUT2D eigenvalue weighted by Crippen LogP contribution is -2.39. The number of para-hydroxylation sites is 1. The van der Waals surface area contributed by atoms with Gasteiger partial charge in [-0.15, -0.1) is 23.7 Å². The molecule has 0 spiro atoms. The van der Waals surface area contributed by atoms with Crippen LogP contribution in [0.4, 0.5) is 5.13 Å². The van der Waals surface area contributed by atoms with Crippen LogP contribution in [-0.4, -0.2) is 60.2 Å². The van der Waals surface area contributed by atoms with Crippen LogP contribution >= 0.6 is 35.1 Å². The van der Waals surface area contributed by atoms with Crippen LogP contribution in [0.3, 0.4) is 0 Å². The van der Waals surface area contributed by atoms with Crippen molar-refractivity contribution in [1.82, 2.24) is 14.9 Å². The molecule has 0 aliphatic carbocycles. The molecule has 1 fully saturated rings. The predicted molar refractivity (Wildman–Crippen MR) is 165 cm³/mol. The van der Waals surface area contributed by atoms with E-state index in [2.05, 4.69) is 36.9 Å². The first kappa shape index (κ1) is 27.7. The lowest BCUT2D eigenvalue weighted by atomic mass is 10.1. The monoisotopic (exact) mass is 578 g/mol. The summed E-state index contributed by atoms with van der Waals surface area (Å²) in [6, 6.07) is 18.2. The first-order valence-corrected chi connectivity index (χ1v) is 14.7. The predicted octanol–water partition coefficient (Wildman–Crippen LogP) is 6.98. The molecule has 1 aliphatic rings. The van der Waals surface area contributed by atoms with Crippen LogP contribution in [0.2, 0.25) is 0 Å². The molecule has 5 aromatic rings. The lowest BCUT2D eigenvalue weighted by Gasteiger charge is -2.28. The van der Waals surface area contributed by atoms with Gasteiger partial charge in [0.15, 0.2) is 5.13 Å². The zero-order chi connectivity index (χ0) is 26.1. The normalized spacial score (nSPS) is 14.0. The summed E-state index contributed by atoms with van der Waals surface area (Å²) in [5, 5.41) is 3.65. The van der Waals surface area contributed by atoms with Gasteiger partial charge in [0.1, 0.15) is 0 Å². The Kier molecular flexibility index (Phi) is 8.59. The average Bonchev–Trinajstić information content (AvgIpc) is 3.64. The minimum absolute atomic E-state index is 0. The van der Waals surface area contributed by atoms with E-state index in [1.54, 1.807) is 22.7 Å². The maximum atomic E-state index is 14.4. The second-order valence-electron chi connectivity index (χ2n) is 9.66. The van der Waals surface area contributed by atoms with Crippen molar-refractivity contribution in [3.05, 3.63) is 76.7 Å². The Morgan fingerprint density at radius 2 is 1.87 bits per heavy atom. The highest BCUT2D eigenvalue weighted by Gasteiger charge is 2.25. The van der Waals surface area contributed by atoms with Crippen LogP contribution < -0.4 is 4.90 Å². The second kappa shape index (κ2) is 12.1. The lowest BCUT2D eigenvalue weighted by molar-refractivity contribution is 0.0376. The Hall–Kier alpha value is -2.88. The van der Waals surface area contributed by atoms with Gasteiger partial charge in [-0.3, -0.25) is 14.6 Å². The fraction of sp³-hybridized carbons (Fsp3) is 0.300. The quantitative estimate of drug-likeness (QED) is 0.208. The van der Waals surface area contributed by atoms with Crippen LogP contribution in [0, 0.1) is 13.8 Å². The van der Waals surface area contributed by atoms with E-state index >= 15 is 0 Å². The molecule has 0 atom stereocenters. The second-order valence-corrected chi connectivity index (χ2v) is 11.6. The number of anilines is 1. The fourth-order valence-corrected chi connectivity index (χ4v) is 6.67. The number of pyridine rings is 1. The standard InChI is InChI=1S/C30H30N4O2S2.ClH/c1-20-10-11-27-28(21(20)2)32-30(38-27)34(13-6-12-33-14-16-36-17-15-33)29(35)23-19-25(26-9-5-18-37-26)31-24-8-4-3-7-22(23)24;/h3-5,7-11,18-19H,6,12-17H2,1-2H3;1H. The third kappa shape index (κ3) is 5.71. The summed E-state index contributed by atoms with van der Waals surface area (Å²) in [7, 11) is 0. The van der Waals surface area contributed by atoms with Gasteiger partial charge in [0, 0.05) is 31.6 Å². The Bertz CT molecular complexity index is 1600. The summed E-state index contributed by atoms with van der Waals surface area (Å²) in [4.78, 5) is 29.7. The van der Waals surface area contributed by atoms with Crippen molar-refractivity contribution in [2.24, 2.45) is 0 Å². The van der Waals surface area contributed by atoms with Crippen molar-refractivity contribution < 1.29 is 9.53 Å². The van der Waals surface area contributed by atoms with Crippen LogP contribution in [0.5, 0.6) is 0 Å². The van der Waals surface area contributed by atoms with Crippen LogP contribution in [0.15, 0.2) is 60.0 Å². The van der Waals surface area contributed by atoms with Crippen molar-refractivity contribution in [2.75, 3.05) is 44.3 Å². The number of hydrogen-bond donors (Lipinski definition) is 0. The number of carbonyl (C=O) groups is 1. The van der Waals surface area contributed by atoms with Gasteiger partial charge in [-0.25, -0.2) is 9.97 Å². The number of hydrogen-bond acceptors (Lipinski definition) is 7. The molecule has 9 heteroatoms. The Morgan fingerprint density at radius 3 is 2.67 bits per heavy atom. The van der Waals surface area contributed by atoms with Crippen molar-refractivity contribution in [3.63, 3.8) is 0 Å². The van der Waals surface area contributed by atoms with Crippen LogP contribution in [0.1, 0.15) is 27.9 Å². The van der Waals surface area contributed by atoms with Gasteiger partial charge >= 0.3 is 0 Å². The van der Waals surface area contributed by atoms with Crippen molar-refractivity contribution >= 4 is 67.2 Å².